The Morgan fingerprint density at radius 1 is 1.31 bits per heavy atom. The lowest BCUT2D eigenvalue weighted by atomic mass is 9.93. The molecule has 16 heavy (non-hydrogen) atoms. The van der Waals surface area contributed by atoms with E-state index in [1.165, 1.54) is 32.1 Å². The molecule has 0 aromatic heterocycles. The van der Waals surface area contributed by atoms with E-state index in [4.69, 9.17) is 12.2 Å². The Kier molecular flexibility index (Phi) is 3.53. The van der Waals surface area contributed by atoms with Crippen LogP contribution in [-0.4, -0.2) is 16.6 Å². The van der Waals surface area contributed by atoms with Gasteiger partial charge in [-0.1, -0.05) is 37.6 Å². The highest BCUT2D eigenvalue weighted by atomic mass is 32.1. The van der Waals surface area contributed by atoms with Gasteiger partial charge in [0.05, 0.1) is 5.70 Å². The lowest BCUT2D eigenvalue weighted by Gasteiger charge is -2.34. The SMILES string of the molecule is CC1(C)CC=C(NC2CCCCC2)C(=S)N1. The molecule has 0 spiro atoms. The minimum atomic E-state index is 0.120. The van der Waals surface area contributed by atoms with E-state index in [1.807, 2.05) is 0 Å². The van der Waals surface area contributed by atoms with Crippen LogP contribution in [0.5, 0.6) is 0 Å². The van der Waals surface area contributed by atoms with Gasteiger partial charge in [0.25, 0.3) is 0 Å². The van der Waals surface area contributed by atoms with Crippen LogP contribution in [0.25, 0.3) is 0 Å². The largest absolute Gasteiger partial charge is 0.380 e. The van der Waals surface area contributed by atoms with Crippen molar-refractivity contribution in [2.75, 3.05) is 0 Å². The third-order valence-corrected chi connectivity index (χ3v) is 3.80. The Hall–Kier alpha value is -0.570. The van der Waals surface area contributed by atoms with Crippen molar-refractivity contribution in [3.63, 3.8) is 0 Å². The van der Waals surface area contributed by atoms with Crippen LogP contribution in [0.2, 0.25) is 0 Å². The van der Waals surface area contributed by atoms with Gasteiger partial charge in [-0.2, -0.15) is 0 Å². The standard InChI is InChI=1S/C13H22N2S/c1-13(2)9-8-11(12(16)15-13)14-10-6-4-3-5-7-10/h8,10,14H,3-7,9H2,1-2H3,(H,15,16). The van der Waals surface area contributed by atoms with Crippen molar-refractivity contribution in [2.45, 2.75) is 64.0 Å². The maximum Gasteiger partial charge on any atom is 0.122 e. The molecule has 90 valence electrons. The van der Waals surface area contributed by atoms with Gasteiger partial charge in [0, 0.05) is 11.6 Å². The Balaban J connectivity index is 1.94. The minimum absolute atomic E-state index is 0.120. The molecule has 2 nitrogen and oxygen atoms in total. The summed E-state index contributed by atoms with van der Waals surface area (Å²) in [5.74, 6) is 0. The summed E-state index contributed by atoms with van der Waals surface area (Å²) in [5.41, 5.74) is 1.27. The van der Waals surface area contributed by atoms with Gasteiger partial charge in [-0.15, -0.1) is 0 Å². The van der Waals surface area contributed by atoms with E-state index < -0.39 is 0 Å². The average Bonchev–Trinajstić information content (AvgIpc) is 2.23. The third kappa shape index (κ3) is 2.97. The topological polar surface area (TPSA) is 24.1 Å². The molecule has 1 heterocycles. The summed E-state index contributed by atoms with van der Waals surface area (Å²) in [6.45, 7) is 4.38. The Morgan fingerprint density at radius 3 is 2.62 bits per heavy atom. The fourth-order valence-electron chi connectivity index (χ4n) is 2.47. The van der Waals surface area contributed by atoms with E-state index >= 15 is 0 Å². The van der Waals surface area contributed by atoms with Crippen LogP contribution in [0.4, 0.5) is 0 Å². The van der Waals surface area contributed by atoms with Gasteiger partial charge in [-0.05, 0) is 33.1 Å². The number of rotatable bonds is 2. The molecule has 0 saturated heterocycles. The second-order valence-corrected chi connectivity index (χ2v) is 6.05. The normalized spacial score (nSPS) is 25.9. The number of thiocarbonyl (C=S) groups is 1. The van der Waals surface area contributed by atoms with Crippen LogP contribution in [-0.2, 0) is 0 Å². The van der Waals surface area contributed by atoms with E-state index in [1.54, 1.807) is 0 Å². The first kappa shape index (κ1) is 11.9. The fourth-order valence-corrected chi connectivity index (χ4v) is 2.89. The van der Waals surface area contributed by atoms with E-state index in [0.717, 1.165) is 17.1 Å². The Labute approximate surface area is 104 Å². The summed E-state index contributed by atoms with van der Waals surface area (Å²) in [6, 6.07) is 0.640. The average molecular weight is 238 g/mol. The number of nitrogens with one attached hydrogen (secondary N) is 2. The van der Waals surface area contributed by atoms with Gasteiger partial charge < -0.3 is 10.6 Å². The molecule has 0 bridgehead atoms. The van der Waals surface area contributed by atoms with Crippen molar-refractivity contribution >= 4 is 17.2 Å². The molecule has 2 rings (SSSR count). The van der Waals surface area contributed by atoms with E-state index in [9.17, 15) is 0 Å². The molecular formula is C13H22N2S. The quantitative estimate of drug-likeness (QED) is 0.723. The first-order chi connectivity index (χ1) is 7.57. The monoisotopic (exact) mass is 238 g/mol. The molecule has 1 saturated carbocycles. The minimum Gasteiger partial charge on any atom is -0.380 e. The van der Waals surface area contributed by atoms with E-state index in [-0.39, 0.29) is 5.54 Å². The van der Waals surface area contributed by atoms with Crippen molar-refractivity contribution in [1.29, 1.82) is 0 Å². The maximum atomic E-state index is 5.40. The molecule has 2 N–H and O–H groups in total. The smallest absolute Gasteiger partial charge is 0.122 e. The second kappa shape index (κ2) is 4.74. The highest BCUT2D eigenvalue weighted by Gasteiger charge is 2.25. The first-order valence-corrected chi connectivity index (χ1v) is 6.77. The lowest BCUT2D eigenvalue weighted by molar-refractivity contribution is 0.393. The molecule has 1 aliphatic heterocycles. The lowest BCUT2D eigenvalue weighted by Crippen LogP contribution is -2.49. The fraction of sp³-hybridized carbons (Fsp3) is 0.769. The molecule has 0 atom stereocenters. The number of hydrogen-bond acceptors (Lipinski definition) is 2. The predicted molar refractivity (Wildman–Crippen MR) is 72.5 cm³/mol. The summed E-state index contributed by atoms with van der Waals surface area (Å²) in [4.78, 5) is 0.891. The van der Waals surface area contributed by atoms with Crippen LogP contribution in [0.1, 0.15) is 52.4 Å². The zero-order valence-corrected chi connectivity index (χ0v) is 11.1. The van der Waals surface area contributed by atoms with Crippen LogP contribution in [0.3, 0.4) is 0 Å². The molecule has 0 aromatic rings. The van der Waals surface area contributed by atoms with Crippen molar-refractivity contribution in [3.05, 3.63) is 11.8 Å². The highest BCUT2D eigenvalue weighted by molar-refractivity contribution is 7.80. The van der Waals surface area contributed by atoms with Crippen molar-refractivity contribution in [2.24, 2.45) is 0 Å². The molecule has 1 fully saturated rings. The zero-order chi connectivity index (χ0) is 11.6. The van der Waals surface area contributed by atoms with Gasteiger partial charge in [0.15, 0.2) is 0 Å². The molecule has 0 radical (unpaired) electrons. The summed E-state index contributed by atoms with van der Waals surface area (Å²) in [7, 11) is 0. The van der Waals surface area contributed by atoms with Crippen LogP contribution < -0.4 is 10.6 Å². The van der Waals surface area contributed by atoms with Gasteiger partial charge in [-0.25, -0.2) is 0 Å². The summed E-state index contributed by atoms with van der Waals surface area (Å²) < 4.78 is 0. The van der Waals surface area contributed by atoms with Gasteiger partial charge >= 0.3 is 0 Å². The van der Waals surface area contributed by atoms with Crippen molar-refractivity contribution in [1.82, 2.24) is 10.6 Å². The van der Waals surface area contributed by atoms with Crippen LogP contribution in [0, 0.1) is 0 Å². The maximum absolute atomic E-state index is 5.40. The molecule has 1 aliphatic carbocycles. The van der Waals surface area contributed by atoms with E-state index in [2.05, 4.69) is 30.6 Å². The summed E-state index contributed by atoms with van der Waals surface area (Å²) in [6.07, 6.45) is 10.0. The van der Waals surface area contributed by atoms with Crippen LogP contribution in [0.15, 0.2) is 11.8 Å². The highest BCUT2D eigenvalue weighted by Crippen LogP contribution is 2.21. The van der Waals surface area contributed by atoms with Crippen LogP contribution >= 0.6 is 12.2 Å². The molecule has 0 amide bonds. The van der Waals surface area contributed by atoms with Gasteiger partial charge in [0.1, 0.15) is 4.99 Å². The molecule has 3 heteroatoms. The first-order valence-electron chi connectivity index (χ1n) is 6.36. The third-order valence-electron chi connectivity index (χ3n) is 3.48. The van der Waals surface area contributed by atoms with Crippen molar-refractivity contribution < 1.29 is 0 Å². The molecular weight excluding hydrogens is 216 g/mol. The van der Waals surface area contributed by atoms with Crippen molar-refractivity contribution in [3.8, 4) is 0 Å². The molecule has 2 aliphatic rings. The van der Waals surface area contributed by atoms with Gasteiger partial charge in [-0.3, -0.25) is 0 Å². The van der Waals surface area contributed by atoms with Gasteiger partial charge in [0.2, 0.25) is 0 Å². The van der Waals surface area contributed by atoms with E-state index in [0.29, 0.717) is 6.04 Å². The predicted octanol–water partition coefficient (Wildman–Crippen LogP) is 2.89. The zero-order valence-electron chi connectivity index (χ0n) is 10.3. The Morgan fingerprint density at radius 2 is 2.00 bits per heavy atom. The summed E-state index contributed by atoms with van der Waals surface area (Å²) in [5, 5.41) is 7.00. The Bertz CT molecular complexity index is 301. The summed E-state index contributed by atoms with van der Waals surface area (Å²) >= 11 is 5.40. The second-order valence-electron chi connectivity index (χ2n) is 5.64. The molecule has 0 aromatic carbocycles. The molecule has 0 unspecified atom stereocenters. The number of hydrogen-bond donors (Lipinski definition) is 2.